The molecule has 0 bridgehead atoms. The zero-order valence-corrected chi connectivity index (χ0v) is 21.1. The molecule has 7 nitrogen and oxygen atoms in total. The van der Waals surface area contributed by atoms with Crippen LogP contribution in [0, 0.1) is 18.3 Å². The van der Waals surface area contributed by atoms with Crippen molar-refractivity contribution in [3.63, 3.8) is 0 Å². The van der Waals surface area contributed by atoms with E-state index in [1.165, 1.54) is 7.11 Å². The predicted molar refractivity (Wildman–Crippen MR) is 138 cm³/mol. The van der Waals surface area contributed by atoms with E-state index < -0.39 is 18.0 Å². The van der Waals surface area contributed by atoms with Crippen LogP contribution in [0.4, 0.5) is 5.69 Å². The molecule has 1 aliphatic rings. The van der Waals surface area contributed by atoms with E-state index in [0.29, 0.717) is 43.8 Å². The molecule has 4 rings (SSSR count). The maximum atomic E-state index is 12.8. The lowest BCUT2D eigenvalue weighted by Gasteiger charge is -2.37. The minimum absolute atomic E-state index is 0.121. The number of ether oxygens (including phenoxy) is 1. The van der Waals surface area contributed by atoms with Crippen LogP contribution in [0.2, 0.25) is 10.0 Å². The summed E-state index contributed by atoms with van der Waals surface area (Å²) in [6.07, 6.45) is -0.575. The van der Waals surface area contributed by atoms with Gasteiger partial charge in [0.25, 0.3) is 5.91 Å². The Morgan fingerprint density at radius 1 is 1.23 bits per heavy atom. The first-order valence-electron chi connectivity index (χ1n) is 10.5. The van der Waals surface area contributed by atoms with Gasteiger partial charge in [-0.15, -0.1) is 12.6 Å². The summed E-state index contributed by atoms with van der Waals surface area (Å²) in [7, 11) is 1.30. The third kappa shape index (κ3) is 4.63. The smallest absolute Gasteiger partial charge is 0.339 e. The summed E-state index contributed by atoms with van der Waals surface area (Å²) in [4.78, 5) is 30.6. The molecule has 0 unspecified atom stereocenters. The van der Waals surface area contributed by atoms with Crippen LogP contribution >= 0.6 is 35.8 Å². The fraction of sp³-hybridized carbons (Fsp3) is 0.160. The molecule has 0 spiro atoms. The number of anilines is 1. The van der Waals surface area contributed by atoms with Gasteiger partial charge in [-0.3, -0.25) is 4.79 Å². The second-order valence-electron chi connectivity index (χ2n) is 7.81. The number of nitrogens with one attached hydrogen (secondary N) is 2. The van der Waals surface area contributed by atoms with Crippen molar-refractivity contribution in [1.82, 2.24) is 10.3 Å². The van der Waals surface area contributed by atoms with Gasteiger partial charge < -0.3 is 19.9 Å². The number of carbonyl (C=O) groups excluding carboxylic acids is 2. The first-order chi connectivity index (χ1) is 16.8. The Kier molecular flexibility index (Phi) is 7.13. The van der Waals surface area contributed by atoms with Crippen molar-refractivity contribution in [1.29, 1.82) is 5.26 Å². The van der Waals surface area contributed by atoms with E-state index in [1.54, 1.807) is 30.0 Å². The molecule has 0 saturated heterocycles. The van der Waals surface area contributed by atoms with E-state index in [-0.39, 0.29) is 17.0 Å². The van der Waals surface area contributed by atoms with Gasteiger partial charge in [-0.05, 0) is 48.4 Å². The molecule has 178 valence electrons. The average Bonchev–Trinajstić information content (AvgIpc) is 3.16. The number of nitriles is 1. The van der Waals surface area contributed by atoms with Crippen molar-refractivity contribution < 1.29 is 14.3 Å². The van der Waals surface area contributed by atoms with Crippen LogP contribution in [0.25, 0.3) is 0 Å². The lowest BCUT2D eigenvalue weighted by molar-refractivity contribution is -0.118. The Labute approximate surface area is 217 Å². The topological polar surface area (TPSA) is 98.2 Å². The molecule has 0 aliphatic carbocycles. The molecule has 1 aliphatic heterocycles. The fourth-order valence-electron chi connectivity index (χ4n) is 4.13. The largest absolute Gasteiger partial charge is 0.465 e. The summed E-state index contributed by atoms with van der Waals surface area (Å²) < 4.78 is 5.05. The highest BCUT2D eigenvalue weighted by atomic mass is 35.5. The Morgan fingerprint density at radius 2 is 1.94 bits per heavy atom. The number of thiol groups is 1. The lowest BCUT2D eigenvalue weighted by atomic mass is 9.98. The standard InChI is InChI=1S/C25H20Cl2N4O3S/c1-13-20(25(33)34-2)17(11-14-10-15(26)8-9-19(14)27)21(29-13)22-30-23(32)18(12-28)24(35)31(22)16-6-4-3-5-7-16/h3-10,22,29,35H,11H2,1-2H3,(H,30,32)/t22-/m0/s1. The van der Waals surface area contributed by atoms with Crippen LogP contribution in [-0.2, 0) is 16.0 Å². The number of aromatic amines is 1. The van der Waals surface area contributed by atoms with Gasteiger partial charge >= 0.3 is 5.97 Å². The molecule has 1 amide bonds. The molecular weight excluding hydrogens is 507 g/mol. The maximum Gasteiger partial charge on any atom is 0.339 e. The van der Waals surface area contributed by atoms with Gasteiger partial charge in [-0.2, -0.15) is 5.26 Å². The van der Waals surface area contributed by atoms with Crippen molar-refractivity contribution in [2.24, 2.45) is 0 Å². The van der Waals surface area contributed by atoms with Gasteiger partial charge in [0, 0.05) is 27.8 Å². The number of rotatable bonds is 5. The van der Waals surface area contributed by atoms with Crippen LogP contribution in [-0.4, -0.2) is 24.0 Å². The average molecular weight is 527 g/mol. The lowest BCUT2D eigenvalue weighted by Crippen LogP contribution is -2.46. The molecule has 2 aromatic carbocycles. The van der Waals surface area contributed by atoms with Gasteiger partial charge in [0.15, 0.2) is 0 Å². The predicted octanol–water partition coefficient (Wildman–Crippen LogP) is 5.31. The van der Waals surface area contributed by atoms with Crippen LogP contribution < -0.4 is 10.2 Å². The number of amides is 1. The molecular formula is C25H20Cl2N4O3S. The summed E-state index contributed by atoms with van der Waals surface area (Å²) in [6.45, 7) is 1.74. The third-order valence-electron chi connectivity index (χ3n) is 5.71. The number of para-hydroxylation sites is 1. The zero-order valence-electron chi connectivity index (χ0n) is 18.7. The zero-order chi connectivity index (χ0) is 25.3. The van der Waals surface area contributed by atoms with Gasteiger partial charge in [0.1, 0.15) is 17.8 Å². The highest BCUT2D eigenvalue weighted by molar-refractivity contribution is 7.84. The second kappa shape index (κ2) is 10.1. The quantitative estimate of drug-likeness (QED) is 0.309. The van der Waals surface area contributed by atoms with Crippen LogP contribution in [0.3, 0.4) is 0 Å². The first kappa shape index (κ1) is 24.7. The summed E-state index contributed by atoms with van der Waals surface area (Å²) >= 11 is 17.2. The van der Waals surface area contributed by atoms with Crippen LogP contribution in [0.5, 0.6) is 0 Å². The minimum Gasteiger partial charge on any atom is -0.465 e. The fourth-order valence-corrected chi connectivity index (χ4v) is 4.89. The number of benzene rings is 2. The summed E-state index contributed by atoms with van der Waals surface area (Å²) in [6, 6.07) is 16.2. The van der Waals surface area contributed by atoms with Gasteiger partial charge in [-0.25, -0.2) is 4.79 Å². The van der Waals surface area contributed by atoms with Crippen molar-refractivity contribution in [2.75, 3.05) is 12.0 Å². The number of esters is 1. The number of H-pyrrole nitrogens is 1. The number of methoxy groups -OCH3 is 1. The van der Waals surface area contributed by atoms with Gasteiger partial charge in [-0.1, -0.05) is 41.4 Å². The molecule has 3 aromatic rings. The number of nitrogens with zero attached hydrogens (tertiary/aromatic N) is 2. The van der Waals surface area contributed by atoms with Crippen LogP contribution in [0.15, 0.2) is 59.1 Å². The Bertz CT molecular complexity index is 1400. The highest BCUT2D eigenvalue weighted by Crippen LogP contribution is 2.39. The summed E-state index contributed by atoms with van der Waals surface area (Å²) in [5.41, 5.74) is 3.25. The summed E-state index contributed by atoms with van der Waals surface area (Å²) in [5.74, 6) is -1.11. The molecule has 0 saturated carbocycles. The number of carbonyl (C=O) groups is 2. The van der Waals surface area contributed by atoms with E-state index >= 15 is 0 Å². The highest BCUT2D eigenvalue weighted by Gasteiger charge is 2.37. The van der Waals surface area contributed by atoms with E-state index in [4.69, 9.17) is 27.9 Å². The van der Waals surface area contributed by atoms with Crippen LogP contribution in [0.1, 0.15) is 39.0 Å². The Hall–Kier alpha value is -3.38. The Balaban J connectivity index is 1.95. The normalized spacial score (nSPS) is 15.6. The number of aryl methyl sites for hydroxylation is 1. The molecule has 10 heteroatoms. The number of hydrogen-bond acceptors (Lipinski definition) is 6. The third-order valence-corrected chi connectivity index (χ3v) is 6.76. The molecule has 1 aromatic heterocycles. The Morgan fingerprint density at radius 3 is 2.60 bits per heavy atom. The maximum absolute atomic E-state index is 12.8. The van der Waals surface area contributed by atoms with E-state index in [9.17, 15) is 14.9 Å². The minimum atomic E-state index is -0.806. The van der Waals surface area contributed by atoms with Crippen molar-refractivity contribution in [2.45, 2.75) is 19.5 Å². The second-order valence-corrected chi connectivity index (χ2v) is 9.08. The van der Waals surface area contributed by atoms with Crippen molar-refractivity contribution in [3.8, 4) is 6.07 Å². The van der Waals surface area contributed by atoms with Gasteiger partial charge in [0.2, 0.25) is 0 Å². The summed E-state index contributed by atoms with van der Waals surface area (Å²) in [5, 5.41) is 13.6. The number of aromatic nitrogens is 1. The van der Waals surface area contributed by atoms with E-state index in [0.717, 1.165) is 0 Å². The van der Waals surface area contributed by atoms with Gasteiger partial charge in [0.05, 0.1) is 23.4 Å². The number of halogens is 2. The molecule has 35 heavy (non-hydrogen) atoms. The molecule has 2 N–H and O–H groups in total. The SMILES string of the molecule is COC(=O)c1c(C)[nH]c([C@H]2NC(=O)C(C#N)=C(S)N2c2ccccc2)c1Cc1cc(Cl)ccc1Cl. The van der Waals surface area contributed by atoms with E-state index in [1.807, 2.05) is 36.4 Å². The molecule has 1 atom stereocenters. The molecule has 0 radical (unpaired) electrons. The monoisotopic (exact) mass is 526 g/mol. The molecule has 2 heterocycles. The van der Waals surface area contributed by atoms with Crippen molar-refractivity contribution in [3.05, 3.63) is 97.3 Å². The number of hydrogen-bond donors (Lipinski definition) is 3. The van der Waals surface area contributed by atoms with Crippen molar-refractivity contribution >= 4 is 53.4 Å². The molecule has 0 fully saturated rings. The first-order valence-corrected chi connectivity index (χ1v) is 11.7. The van der Waals surface area contributed by atoms with E-state index in [2.05, 4.69) is 22.9 Å².